The lowest BCUT2D eigenvalue weighted by Gasteiger charge is -2.29. The summed E-state index contributed by atoms with van der Waals surface area (Å²) in [7, 11) is 0. The van der Waals surface area contributed by atoms with Crippen molar-refractivity contribution in [2.45, 2.75) is 65.3 Å². The zero-order valence-corrected chi connectivity index (χ0v) is 10.8. The Balaban J connectivity index is 0.000000423. The second kappa shape index (κ2) is 10.4. The van der Waals surface area contributed by atoms with Crippen molar-refractivity contribution in [2.24, 2.45) is 5.92 Å². The summed E-state index contributed by atoms with van der Waals surface area (Å²) in [6.07, 6.45) is 7.86. The van der Waals surface area contributed by atoms with E-state index in [4.69, 9.17) is 5.11 Å². The molecular formula is C13H29NO. The van der Waals surface area contributed by atoms with Crippen LogP contribution in [-0.2, 0) is 0 Å². The van der Waals surface area contributed by atoms with Gasteiger partial charge in [-0.2, -0.15) is 0 Å². The summed E-state index contributed by atoms with van der Waals surface area (Å²) in [6.45, 7) is 8.07. The molecule has 2 unspecified atom stereocenters. The largest absolute Gasteiger partial charge is 0.396 e. The zero-order valence-electron chi connectivity index (χ0n) is 10.8. The monoisotopic (exact) mass is 215 g/mol. The lowest BCUT2D eigenvalue weighted by atomic mass is 9.86. The van der Waals surface area contributed by atoms with Gasteiger partial charge in [0.1, 0.15) is 0 Å². The summed E-state index contributed by atoms with van der Waals surface area (Å²) in [5.74, 6) is 0.912. The van der Waals surface area contributed by atoms with Crippen LogP contribution in [-0.4, -0.2) is 24.3 Å². The summed E-state index contributed by atoms with van der Waals surface area (Å²) in [5, 5.41) is 11.5. The number of aliphatic hydroxyl groups is 1. The molecule has 0 bridgehead atoms. The molecule has 92 valence electrons. The van der Waals surface area contributed by atoms with Gasteiger partial charge in [0.2, 0.25) is 0 Å². The highest BCUT2D eigenvalue weighted by molar-refractivity contribution is 4.77. The first-order chi connectivity index (χ1) is 7.26. The minimum Gasteiger partial charge on any atom is -0.396 e. The van der Waals surface area contributed by atoms with E-state index in [1.165, 1.54) is 38.6 Å². The van der Waals surface area contributed by atoms with Crippen LogP contribution >= 0.6 is 0 Å². The predicted molar refractivity (Wildman–Crippen MR) is 67.1 cm³/mol. The van der Waals surface area contributed by atoms with Crippen molar-refractivity contribution in [1.82, 2.24) is 5.32 Å². The lowest BCUT2D eigenvalue weighted by molar-refractivity contribution is 0.281. The molecule has 15 heavy (non-hydrogen) atoms. The van der Waals surface area contributed by atoms with E-state index in [1.807, 2.05) is 6.92 Å². The van der Waals surface area contributed by atoms with Crippen LogP contribution in [0.15, 0.2) is 0 Å². The number of hydrogen-bond donors (Lipinski definition) is 2. The molecule has 2 nitrogen and oxygen atoms in total. The minimum atomic E-state index is 0.319. The molecule has 0 aliphatic heterocycles. The Morgan fingerprint density at radius 3 is 2.20 bits per heavy atom. The van der Waals surface area contributed by atoms with Crippen molar-refractivity contribution in [1.29, 1.82) is 0 Å². The van der Waals surface area contributed by atoms with Gasteiger partial charge in [-0.05, 0) is 38.1 Å². The molecular weight excluding hydrogens is 186 g/mol. The van der Waals surface area contributed by atoms with Crippen LogP contribution in [0.5, 0.6) is 0 Å². The van der Waals surface area contributed by atoms with Crippen LogP contribution in [0.3, 0.4) is 0 Å². The van der Waals surface area contributed by atoms with Gasteiger partial charge < -0.3 is 10.4 Å². The SMILES string of the molecule is CCCNC1CCCCC1C.CCCO. The average Bonchev–Trinajstić information content (AvgIpc) is 2.28. The first kappa shape index (κ1) is 14.9. The Labute approximate surface area is 95.5 Å². The smallest absolute Gasteiger partial charge is 0.0428 e. The van der Waals surface area contributed by atoms with E-state index in [9.17, 15) is 0 Å². The van der Waals surface area contributed by atoms with E-state index in [1.54, 1.807) is 0 Å². The van der Waals surface area contributed by atoms with E-state index in [-0.39, 0.29) is 0 Å². The standard InChI is InChI=1S/C10H21N.C3H8O/c1-3-8-11-10-7-5-4-6-9(10)2;1-2-3-4/h9-11H,3-8H2,1-2H3;4H,2-3H2,1H3. The van der Waals surface area contributed by atoms with Gasteiger partial charge in [0.05, 0.1) is 0 Å². The molecule has 1 aliphatic carbocycles. The Morgan fingerprint density at radius 2 is 1.73 bits per heavy atom. The number of hydrogen-bond acceptors (Lipinski definition) is 2. The molecule has 1 saturated carbocycles. The Morgan fingerprint density at radius 1 is 1.13 bits per heavy atom. The molecule has 0 amide bonds. The molecule has 1 fully saturated rings. The van der Waals surface area contributed by atoms with E-state index < -0.39 is 0 Å². The van der Waals surface area contributed by atoms with Gasteiger partial charge in [-0.1, -0.05) is 33.6 Å². The molecule has 0 saturated heterocycles. The molecule has 0 aromatic carbocycles. The van der Waals surface area contributed by atoms with Gasteiger partial charge >= 0.3 is 0 Å². The minimum absolute atomic E-state index is 0.319. The fourth-order valence-corrected chi connectivity index (χ4v) is 1.95. The third-order valence-electron chi connectivity index (χ3n) is 2.99. The second-order valence-corrected chi connectivity index (χ2v) is 4.55. The normalized spacial score (nSPS) is 25.6. The molecule has 1 rings (SSSR count). The first-order valence-electron chi connectivity index (χ1n) is 6.60. The van der Waals surface area contributed by atoms with Crippen LogP contribution in [0.25, 0.3) is 0 Å². The number of aliphatic hydroxyl groups excluding tert-OH is 1. The van der Waals surface area contributed by atoms with Gasteiger partial charge in [0, 0.05) is 12.6 Å². The summed E-state index contributed by atoms with van der Waals surface area (Å²) in [5.41, 5.74) is 0. The third kappa shape index (κ3) is 7.80. The van der Waals surface area contributed by atoms with Crippen molar-refractivity contribution in [2.75, 3.05) is 13.2 Å². The van der Waals surface area contributed by atoms with Gasteiger partial charge in [-0.15, -0.1) is 0 Å². The number of rotatable bonds is 4. The summed E-state index contributed by atoms with van der Waals surface area (Å²) >= 11 is 0. The van der Waals surface area contributed by atoms with Gasteiger partial charge in [0.25, 0.3) is 0 Å². The van der Waals surface area contributed by atoms with E-state index in [2.05, 4.69) is 19.2 Å². The molecule has 2 atom stereocenters. The van der Waals surface area contributed by atoms with Crippen LogP contribution < -0.4 is 5.32 Å². The summed E-state index contributed by atoms with van der Waals surface area (Å²) in [6, 6.07) is 0.823. The highest BCUT2D eigenvalue weighted by Gasteiger charge is 2.19. The summed E-state index contributed by atoms with van der Waals surface area (Å²) < 4.78 is 0. The van der Waals surface area contributed by atoms with Crippen LogP contribution in [0.4, 0.5) is 0 Å². The summed E-state index contributed by atoms with van der Waals surface area (Å²) in [4.78, 5) is 0. The fourth-order valence-electron chi connectivity index (χ4n) is 1.95. The van der Waals surface area contributed by atoms with E-state index in [0.717, 1.165) is 18.4 Å². The molecule has 0 heterocycles. The molecule has 2 heteroatoms. The maximum Gasteiger partial charge on any atom is 0.0428 e. The molecule has 0 aromatic rings. The van der Waals surface area contributed by atoms with Crippen LogP contribution in [0.1, 0.15) is 59.3 Å². The Bertz CT molecular complexity index is 126. The third-order valence-corrected chi connectivity index (χ3v) is 2.99. The fraction of sp³-hybridized carbons (Fsp3) is 1.00. The number of nitrogens with one attached hydrogen (secondary N) is 1. The molecule has 2 N–H and O–H groups in total. The van der Waals surface area contributed by atoms with E-state index >= 15 is 0 Å². The zero-order chi connectivity index (χ0) is 11.5. The molecule has 0 aromatic heterocycles. The maximum atomic E-state index is 7.88. The molecule has 1 aliphatic rings. The highest BCUT2D eigenvalue weighted by Crippen LogP contribution is 2.23. The van der Waals surface area contributed by atoms with Crippen LogP contribution in [0, 0.1) is 5.92 Å². The van der Waals surface area contributed by atoms with Crippen molar-refractivity contribution in [3.8, 4) is 0 Å². The lowest BCUT2D eigenvalue weighted by Crippen LogP contribution is -2.37. The highest BCUT2D eigenvalue weighted by atomic mass is 16.2. The van der Waals surface area contributed by atoms with Gasteiger partial charge in [0.15, 0.2) is 0 Å². The quantitative estimate of drug-likeness (QED) is 0.755. The average molecular weight is 215 g/mol. The first-order valence-corrected chi connectivity index (χ1v) is 6.60. The maximum absolute atomic E-state index is 7.88. The van der Waals surface area contributed by atoms with Crippen molar-refractivity contribution >= 4 is 0 Å². The van der Waals surface area contributed by atoms with E-state index in [0.29, 0.717) is 6.61 Å². The van der Waals surface area contributed by atoms with Crippen molar-refractivity contribution in [3.05, 3.63) is 0 Å². The van der Waals surface area contributed by atoms with Crippen molar-refractivity contribution in [3.63, 3.8) is 0 Å². The predicted octanol–water partition coefficient (Wildman–Crippen LogP) is 2.95. The molecule has 0 spiro atoms. The van der Waals surface area contributed by atoms with Gasteiger partial charge in [-0.25, -0.2) is 0 Å². The van der Waals surface area contributed by atoms with Crippen LogP contribution in [0.2, 0.25) is 0 Å². The second-order valence-electron chi connectivity index (χ2n) is 4.55. The van der Waals surface area contributed by atoms with Gasteiger partial charge in [-0.3, -0.25) is 0 Å². The Kier molecular flexibility index (Phi) is 10.4. The topological polar surface area (TPSA) is 32.3 Å². The van der Waals surface area contributed by atoms with Crippen molar-refractivity contribution < 1.29 is 5.11 Å². The Hall–Kier alpha value is -0.0800. The molecule has 0 radical (unpaired) electrons.